The van der Waals surface area contributed by atoms with Gasteiger partial charge >= 0.3 is 0 Å². The second-order valence-corrected chi connectivity index (χ2v) is 6.27. The Morgan fingerprint density at radius 3 is 2.88 bits per heavy atom. The van der Waals surface area contributed by atoms with E-state index in [4.69, 9.17) is 0 Å². The minimum absolute atomic E-state index is 0.00665. The van der Waals surface area contributed by atoms with Crippen LogP contribution in [0.1, 0.15) is 42.6 Å². The molecule has 0 radical (unpaired) electrons. The Balaban J connectivity index is 1.65. The Kier molecular flexibility index (Phi) is 5.08. The monoisotopic (exact) mass is 342 g/mol. The molecule has 1 unspecified atom stereocenters. The van der Waals surface area contributed by atoms with E-state index in [2.05, 4.69) is 20.6 Å². The molecule has 132 valence electrons. The molecule has 25 heavy (non-hydrogen) atoms. The van der Waals surface area contributed by atoms with Gasteiger partial charge in [-0.05, 0) is 30.5 Å². The van der Waals surface area contributed by atoms with Crippen molar-refractivity contribution in [3.05, 3.63) is 48.2 Å². The molecular weight excluding hydrogens is 320 g/mol. The van der Waals surface area contributed by atoms with Gasteiger partial charge in [0.2, 0.25) is 0 Å². The summed E-state index contributed by atoms with van der Waals surface area (Å²) in [7, 11) is 0. The first-order valence-corrected chi connectivity index (χ1v) is 8.34. The molecule has 1 atom stereocenters. The number of aliphatic hydroxyl groups excluding tert-OH is 1. The molecule has 8 nitrogen and oxygen atoms in total. The van der Waals surface area contributed by atoms with Crippen LogP contribution < -0.4 is 5.32 Å². The average Bonchev–Trinajstić information content (AvgIpc) is 3.26. The maximum Gasteiger partial charge on any atom is 0.252 e. The number of carbonyl (C=O) groups is 1. The molecule has 3 aromatic rings. The van der Waals surface area contributed by atoms with E-state index in [-0.39, 0.29) is 11.8 Å². The first-order valence-electron chi connectivity index (χ1n) is 8.34. The number of fused-ring (bicyclic) bond motifs is 1. The van der Waals surface area contributed by atoms with E-state index in [1.807, 2.05) is 30.8 Å². The molecule has 0 aliphatic heterocycles. The summed E-state index contributed by atoms with van der Waals surface area (Å²) in [5, 5.41) is 25.3. The molecule has 3 rings (SSSR count). The third kappa shape index (κ3) is 3.85. The van der Waals surface area contributed by atoms with E-state index in [9.17, 15) is 9.90 Å². The van der Waals surface area contributed by atoms with Gasteiger partial charge in [0, 0.05) is 31.7 Å². The number of aryl methyl sites for hydroxylation is 1. The molecule has 3 aromatic heterocycles. The van der Waals surface area contributed by atoms with Crippen molar-refractivity contribution in [2.45, 2.75) is 32.9 Å². The molecule has 0 saturated heterocycles. The highest BCUT2D eigenvalue weighted by atomic mass is 16.3. The summed E-state index contributed by atoms with van der Waals surface area (Å²) in [6.45, 7) is 5.12. The van der Waals surface area contributed by atoms with Crippen LogP contribution in [-0.2, 0) is 6.54 Å². The highest BCUT2D eigenvalue weighted by Gasteiger charge is 2.19. The Bertz CT molecular complexity index is 840. The lowest BCUT2D eigenvalue weighted by Crippen LogP contribution is -2.25. The second-order valence-electron chi connectivity index (χ2n) is 6.27. The van der Waals surface area contributed by atoms with E-state index in [0.717, 1.165) is 13.0 Å². The van der Waals surface area contributed by atoms with Crippen LogP contribution in [0.5, 0.6) is 0 Å². The molecule has 0 aliphatic carbocycles. The number of nitrogens with zero attached hydrogens (tertiary/aromatic N) is 5. The fourth-order valence-electron chi connectivity index (χ4n) is 2.52. The lowest BCUT2D eigenvalue weighted by molar-refractivity contribution is 0.0951. The van der Waals surface area contributed by atoms with Crippen LogP contribution in [0.3, 0.4) is 0 Å². The summed E-state index contributed by atoms with van der Waals surface area (Å²) >= 11 is 0. The molecule has 0 aliphatic rings. The van der Waals surface area contributed by atoms with Gasteiger partial charge in [-0.25, -0.2) is 0 Å². The molecule has 3 heterocycles. The number of pyridine rings is 1. The van der Waals surface area contributed by atoms with Crippen molar-refractivity contribution in [2.75, 3.05) is 6.54 Å². The normalized spacial score (nSPS) is 12.6. The Morgan fingerprint density at radius 1 is 1.32 bits per heavy atom. The van der Waals surface area contributed by atoms with Gasteiger partial charge in [0.1, 0.15) is 6.10 Å². The van der Waals surface area contributed by atoms with Crippen LogP contribution >= 0.6 is 0 Å². The second kappa shape index (κ2) is 7.43. The van der Waals surface area contributed by atoms with Crippen LogP contribution in [0, 0.1) is 5.92 Å². The van der Waals surface area contributed by atoms with Crippen molar-refractivity contribution >= 4 is 11.6 Å². The van der Waals surface area contributed by atoms with Crippen LogP contribution in [0.25, 0.3) is 5.65 Å². The van der Waals surface area contributed by atoms with Gasteiger partial charge in [-0.15, -0.1) is 10.2 Å². The summed E-state index contributed by atoms with van der Waals surface area (Å²) in [6, 6.07) is 5.30. The Hall–Kier alpha value is -2.74. The summed E-state index contributed by atoms with van der Waals surface area (Å²) in [5.74, 6) is 0.284. The SMILES string of the molecule is CC(C)C(O)c1nnc2ccc(C(=O)NCCCn3cccn3)cn12. The number of carbonyl (C=O) groups excluding carboxylic acids is 1. The van der Waals surface area contributed by atoms with Crippen LogP contribution in [-0.4, -0.2) is 41.9 Å². The largest absolute Gasteiger partial charge is 0.385 e. The van der Waals surface area contributed by atoms with Gasteiger partial charge in [0.05, 0.1) is 5.56 Å². The highest BCUT2D eigenvalue weighted by molar-refractivity contribution is 5.94. The van der Waals surface area contributed by atoms with E-state index in [1.165, 1.54) is 0 Å². The maximum atomic E-state index is 12.3. The fourth-order valence-corrected chi connectivity index (χ4v) is 2.52. The predicted octanol–water partition coefficient (Wildman–Crippen LogP) is 1.44. The summed E-state index contributed by atoms with van der Waals surface area (Å²) < 4.78 is 3.50. The zero-order valence-corrected chi connectivity index (χ0v) is 14.3. The minimum Gasteiger partial charge on any atom is -0.385 e. The number of aliphatic hydroxyl groups is 1. The molecule has 1 amide bonds. The van der Waals surface area contributed by atoms with E-state index < -0.39 is 6.10 Å². The topological polar surface area (TPSA) is 97.3 Å². The van der Waals surface area contributed by atoms with Crippen molar-refractivity contribution in [3.8, 4) is 0 Å². The molecular formula is C17H22N6O2. The van der Waals surface area contributed by atoms with Gasteiger partial charge in [-0.2, -0.15) is 5.10 Å². The first-order chi connectivity index (χ1) is 12.1. The van der Waals surface area contributed by atoms with Gasteiger partial charge < -0.3 is 10.4 Å². The number of hydrogen-bond donors (Lipinski definition) is 2. The quantitative estimate of drug-likeness (QED) is 0.633. The average molecular weight is 342 g/mol. The maximum absolute atomic E-state index is 12.3. The molecule has 8 heteroatoms. The summed E-state index contributed by atoms with van der Waals surface area (Å²) in [6.07, 6.45) is 5.35. The van der Waals surface area contributed by atoms with Crippen molar-refractivity contribution in [3.63, 3.8) is 0 Å². The lowest BCUT2D eigenvalue weighted by Gasteiger charge is -2.12. The number of nitrogens with one attached hydrogen (secondary N) is 1. The van der Waals surface area contributed by atoms with Crippen LogP contribution in [0.15, 0.2) is 36.8 Å². The molecule has 0 bridgehead atoms. The lowest BCUT2D eigenvalue weighted by atomic mass is 10.1. The van der Waals surface area contributed by atoms with Crippen LogP contribution in [0.2, 0.25) is 0 Å². The molecule has 0 aromatic carbocycles. The minimum atomic E-state index is -0.734. The molecule has 0 saturated carbocycles. The van der Waals surface area contributed by atoms with Gasteiger partial charge in [-0.1, -0.05) is 13.8 Å². The molecule has 0 fully saturated rings. The third-order valence-corrected chi connectivity index (χ3v) is 4.00. The van der Waals surface area contributed by atoms with Crippen molar-refractivity contribution in [1.82, 2.24) is 29.7 Å². The number of aromatic nitrogens is 5. The van der Waals surface area contributed by atoms with Crippen molar-refractivity contribution in [1.29, 1.82) is 0 Å². The number of hydrogen-bond acceptors (Lipinski definition) is 5. The van der Waals surface area contributed by atoms with E-state index in [1.54, 1.807) is 28.9 Å². The zero-order valence-electron chi connectivity index (χ0n) is 14.3. The molecule has 2 N–H and O–H groups in total. The highest BCUT2D eigenvalue weighted by Crippen LogP contribution is 2.20. The van der Waals surface area contributed by atoms with Gasteiger partial charge in [0.25, 0.3) is 5.91 Å². The standard InChI is InChI=1S/C17H22N6O2/c1-12(2)15(24)16-21-20-14-6-5-13(11-23(14)16)17(25)18-7-3-9-22-10-4-8-19-22/h4-6,8,10-12,15,24H,3,7,9H2,1-2H3,(H,18,25). The number of rotatable bonds is 7. The van der Waals surface area contributed by atoms with Crippen molar-refractivity contribution in [2.24, 2.45) is 5.92 Å². The predicted molar refractivity (Wildman–Crippen MR) is 92.0 cm³/mol. The Labute approximate surface area is 145 Å². The fraction of sp³-hybridized carbons (Fsp3) is 0.412. The van der Waals surface area contributed by atoms with Crippen molar-refractivity contribution < 1.29 is 9.90 Å². The van der Waals surface area contributed by atoms with Crippen LogP contribution in [0.4, 0.5) is 0 Å². The smallest absolute Gasteiger partial charge is 0.252 e. The Morgan fingerprint density at radius 2 is 2.16 bits per heavy atom. The van der Waals surface area contributed by atoms with E-state index in [0.29, 0.717) is 23.6 Å². The first kappa shape index (κ1) is 17.1. The molecule has 0 spiro atoms. The summed E-state index contributed by atoms with van der Waals surface area (Å²) in [5.41, 5.74) is 1.11. The van der Waals surface area contributed by atoms with E-state index >= 15 is 0 Å². The van der Waals surface area contributed by atoms with Gasteiger partial charge in [-0.3, -0.25) is 13.9 Å². The third-order valence-electron chi connectivity index (χ3n) is 4.00. The summed E-state index contributed by atoms with van der Waals surface area (Å²) in [4.78, 5) is 12.3. The zero-order chi connectivity index (χ0) is 17.8. The number of amides is 1. The van der Waals surface area contributed by atoms with Gasteiger partial charge in [0.15, 0.2) is 11.5 Å².